The first-order valence-electron chi connectivity index (χ1n) is 16.3. The van der Waals surface area contributed by atoms with Gasteiger partial charge in [-0.3, -0.25) is 0 Å². The molecule has 0 radical (unpaired) electrons. The third-order valence-electron chi connectivity index (χ3n) is 8.78. The maximum Gasteiger partial charge on any atom is 0.333 e. The zero-order chi connectivity index (χ0) is 32.3. The lowest BCUT2D eigenvalue weighted by Gasteiger charge is -2.36. The second kappa shape index (κ2) is 16.2. The van der Waals surface area contributed by atoms with Crippen molar-refractivity contribution in [1.29, 1.82) is 0 Å². The highest BCUT2D eigenvalue weighted by molar-refractivity contribution is 6.74. The minimum atomic E-state index is -1.85. The summed E-state index contributed by atoms with van der Waals surface area (Å²) in [4.78, 5) is 12.0. The van der Waals surface area contributed by atoms with E-state index in [0.29, 0.717) is 25.2 Å². The van der Waals surface area contributed by atoms with Crippen molar-refractivity contribution in [1.82, 2.24) is 0 Å². The molecule has 0 aliphatic rings. The van der Waals surface area contributed by atoms with Crippen LogP contribution in [0.2, 0.25) is 18.1 Å². The first kappa shape index (κ1) is 35.3. The summed E-state index contributed by atoms with van der Waals surface area (Å²) >= 11 is 0. The molecule has 0 aliphatic carbocycles. The molecule has 0 atom stereocenters. The Labute approximate surface area is 268 Å². The fraction of sp³-hybridized carbons (Fsp3) is 0.462. The first-order chi connectivity index (χ1) is 20.9. The lowest BCUT2D eigenvalue weighted by Crippen LogP contribution is -2.41. The Morgan fingerprint density at radius 3 is 2.09 bits per heavy atom. The van der Waals surface area contributed by atoms with E-state index in [1.165, 1.54) is 47.1 Å². The largest absolute Gasteiger partial charge is 0.491 e. The molecule has 0 amide bonds. The number of hydrogen-bond acceptors (Lipinski definition) is 4. The van der Waals surface area contributed by atoms with Crippen molar-refractivity contribution in [3.8, 4) is 28.0 Å². The summed E-state index contributed by atoms with van der Waals surface area (Å²) in [6, 6.07) is 22.2. The molecule has 0 aromatic heterocycles. The second-order valence-corrected chi connectivity index (χ2v) is 18.1. The van der Waals surface area contributed by atoms with E-state index in [4.69, 9.17) is 13.9 Å². The normalized spacial score (nSPS) is 11.8. The average Bonchev–Trinajstić information content (AvgIpc) is 2.99. The number of ether oxygens (including phenoxy) is 2. The van der Waals surface area contributed by atoms with Gasteiger partial charge in [0.1, 0.15) is 12.4 Å². The molecule has 0 N–H and O–H groups in total. The molecular formula is C39H54O4Si. The van der Waals surface area contributed by atoms with Crippen LogP contribution in [0, 0.1) is 0 Å². The van der Waals surface area contributed by atoms with Crippen LogP contribution < -0.4 is 4.74 Å². The standard InChI is InChI=1S/C39H54O4Si/c1-10-12-13-14-30-15-17-32(18-16-30)33-19-21-36(31(11-2)27-33)34-20-22-37(35(28-34)23-24-42-38(40)29(3)4)41-25-26-43-44(8,9)39(5,6)7/h15-22,27-28H,3,10-14,23-26H2,1-2,4-9H3. The van der Waals surface area contributed by atoms with E-state index in [1.807, 2.05) is 6.07 Å². The molecule has 44 heavy (non-hydrogen) atoms. The number of hydrogen-bond donors (Lipinski definition) is 0. The molecule has 238 valence electrons. The van der Waals surface area contributed by atoms with Crippen LogP contribution in [-0.2, 0) is 33.2 Å². The third-order valence-corrected chi connectivity index (χ3v) is 13.3. The molecular weight excluding hydrogens is 561 g/mol. The Balaban J connectivity index is 1.82. The third kappa shape index (κ3) is 9.93. The number of rotatable bonds is 16. The number of aryl methyl sites for hydroxylation is 2. The number of carbonyl (C=O) groups excluding carboxylic acids is 1. The summed E-state index contributed by atoms with van der Waals surface area (Å²) in [7, 11) is -1.85. The molecule has 4 nitrogen and oxygen atoms in total. The van der Waals surface area contributed by atoms with Gasteiger partial charge in [0.2, 0.25) is 0 Å². The van der Waals surface area contributed by atoms with Crippen LogP contribution in [0.15, 0.2) is 72.8 Å². The van der Waals surface area contributed by atoms with E-state index in [-0.39, 0.29) is 17.6 Å². The highest BCUT2D eigenvalue weighted by Gasteiger charge is 2.36. The Hall–Kier alpha value is -3.15. The number of benzene rings is 3. The summed E-state index contributed by atoms with van der Waals surface area (Å²) in [5.74, 6) is 0.428. The van der Waals surface area contributed by atoms with E-state index < -0.39 is 8.32 Å². The molecule has 0 saturated heterocycles. The van der Waals surface area contributed by atoms with Crippen LogP contribution in [0.3, 0.4) is 0 Å². The van der Waals surface area contributed by atoms with Gasteiger partial charge in [0.05, 0.1) is 13.2 Å². The van der Waals surface area contributed by atoms with E-state index in [1.54, 1.807) is 6.92 Å². The van der Waals surface area contributed by atoms with E-state index in [2.05, 4.69) is 109 Å². The van der Waals surface area contributed by atoms with Crippen LogP contribution in [0.4, 0.5) is 0 Å². The Morgan fingerprint density at radius 1 is 0.795 bits per heavy atom. The zero-order valence-corrected chi connectivity index (χ0v) is 29.5. The SMILES string of the molecule is C=C(C)C(=O)OCCc1cc(-c2ccc(-c3ccc(CCCCC)cc3)cc2CC)ccc1OCCO[Si](C)(C)C(C)(C)C. The monoisotopic (exact) mass is 614 g/mol. The van der Waals surface area contributed by atoms with Crippen LogP contribution >= 0.6 is 0 Å². The molecule has 0 fully saturated rings. The van der Waals surface area contributed by atoms with Crippen molar-refractivity contribution < 1.29 is 18.7 Å². The van der Waals surface area contributed by atoms with Gasteiger partial charge in [-0.15, -0.1) is 0 Å². The summed E-state index contributed by atoms with van der Waals surface area (Å²) in [5.41, 5.74) is 8.93. The Morgan fingerprint density at radius 2 is 1.45 bits per heavy atom. The lowest BCUT2D eigenvalue weighted by molar-refractivity contribution is -0.138. The van der Waals surface area contributed by atoms with Gasteiger partial charge in [0.15, 0.2) is 8.32 Å². The quantitative estimate of drug-likeness (QED) is 0.0697. The number of unbranched alkanes of at least 4 members (excludes halogenated alkanes) is 2. The van der Waals surface area contributed by atoms with Gasteiger partial charge in [0.25, 0.3) is 0 Å². The molecule has 0 heterocycles. The smallest absolute Gasteiger partial charge is 0.333 e. The van der Waals surface area contributed by atoms with E-state index in [0.717, 1.165) is 29.7 Å². The predicted molar refractivity (Wildman–Crippen MR) is 188 cm³/mol. The molecule has 3 rings (SSSR count). The Bertz CT molecular complexity index is 1380. The van der Waals surface area contributed by atoms with Gasteiger partial charge in [-0.05, 0) is 95.4 Å². The minimum Gasteiger partial charge on any atom is -0.491 e. The van der Waals surface area contributed by atoms with Crippen LogP contribution in [0.25, 0.3) is 22.3 Å². The molecule has 0 spiro atoms. The summed E-state index contributed by atoms with van der Waals surface area (Å²) < 4.78 is 18.0. The van der Waals surface area contributed by atoms with E-state index >= 15 is 0 Å². The molecule has 0 unspecified atom stereocenters. The van der Waals surface area contributed by atoms with Crippen molar-refractivity contribution in [2.24, 2.45) is 0 Å². The minimum absolute atomic E-state index is 0.150. The summed E-state index contributed by atoms with van der Waals surface area (Å²) in [5, 5.41) is 0.150. The lowest BCUT2D eigenvalue weighted by atomic mass is 9.92. The highest BCUT2D eigenvalue weighted by atomic mass is 28.4. The second-order valence-electron chi connectivity index (χ2n) is 13.3. The molecule has 3 aromatic rings. The van der Waals surface area contributed by atoms with Gasteiger partial charge < -0.3 is 13.9 Å². The van der Waals surface area contributed by atoms with Crippen LogP contribution in [0.1, 0.15) is 77.5 Å². The molecule has 5 heteroatoms. The van der Waals surface area contributed by atoms with Crippen LogP contribution in [0.5, 0.6) is 5.75 Å². The Kier molecular flexibility index (Phi) is 13.0. The predicted octanol–water partition coefficient (Wildman–Crippen LogP) is 10.4. The molecule has 0 aliphatic heterocycles. The van der Waals surface area contributed by atoms with Crippen molar-refractivity contribution in [2.75, 3.05) is 19.8 Å². The fourth-order valence-corrected chi connectivity index (χ4v) is 5.94. The number of carbonyl (C=O) groups is 1. The summed E-state index contributed by atoms with van der Waals surface area (Å²) in [6.07, 6.45) is 6.39. The van der Waals surface area contributed by atoms with Crippen LogP contribution in [-0.4, -0.2) is 34.1 Å². The first-order valence-corrected chi connectivity index (χ1v) is 19.2. The van der Waals surface area contributed by atoms with Crippen molar-refractivity contribution in [2.45, 2.75) is 98.2 Å². The van der Waals surface area contributed by atoms with Crippen molar-refractivity contribution in [3.05, 3.63) is 89.5 Å². The fourth-order valence-electron chi connectivity index (χ4n) is 4.92. The van der Waals surface area contributed by atoms with Crippen molar-refractivity contribution in [3.63, 3.8) is 0 Å². The highest BCUT2D eigenvalue weighted by Crippen LogP contribution is 2.37. The molecule has 0 saturated carbocycles. The number of esters is 1. The molecule has 0 bridgehead atoms. The maximum absolute atomic E-state index is 12.0. The molecule has 3 aromatic carbocycles. The van der Waals surface area contributed by atoms with Gasteiger partial charge in [0, 0.05) is 12.0 Å². The average molecular weight is 615 g/mol. The maximum atomic E-state index is 12.0. The van der Waals surface area contributed by atoms with Gasteiger partial charge in [-0.2, -0.15) is 0 Å². The van der Waals surface area contributed by atoms with Gasteiger partial charge in [-0.1, -0.05) is 103 Å². The zero-order valence-electron chi connectivity index (χ0n) is 28.5. The van der Waals surface area contributed by atoms with Gasteiger partial charge >= 0.3 is 5.97 Å². The van der Waals surface area contributed by atoms with Gasteiger partial charge in [-0.25, -0.2) is 4.79 Å². The summed E-state index contributed by atoms with van der Waals surface area (Å²) in [6.45, 7) is 22.3. The topological polar surface area (TPSA) is 44.8 Å². The van der Waals surface area contributed by atoms with E-state index in [9.17, 15) is 4.79 Å². The van der Waals surface area contributed by atoms with Crippen molar-refractivity contribution >= 4 is 14.3 Å².